The van der Waals surface area contributed by atoms with Gasteiger partial charge in [0.05, 0.1) is 4.90 Å². The summed E-state index contributed by atoms with van der Waals surface area (Å²) in [4.78, 5) is 0.350. The monoisotopic (exact) mass is 312 g/mol. The topological polar surface area (TPSA) is 58.6 Å². The molecule has 6 heteroatoms. The summed E-state index contributed by atoms with van der Waals surface area (Å²) in [5, 5.41) is 3.17. The highest BCUT2D eigenvalue weighted by molar-refractivity contribution is 7.89. The second kappa shape index (κ2) is 7.77. The lowest BCUT2D eigenvalue weighted by molar-refractivity contribution is 0.315. The molecule has 1 heterocycles. The van der Waals surface area contributed by atoms with E-state index in [0.717, 1.165) is 32.4 Å². The largest absolute Gasteiger partial charge is 0.492 e. The SMILES string of the molecule is CCNCCOc1ccc(S(=O)(=O)N2CCCCC2)cc1. The van der Waals surface area contributed by atoms with E-state index < -0.39 is 10.0 Å². The summed E-state index contributed by atoms with van der Waals surface area (Å²) >= 11 is 0. The standard InChI is InChI=1S/C15H24N2O3S/c1-2-16-10-13-20-14-6-8-15(9-7-14)21(18,19)17-11-4-3-5-12-17/h6-9,16H,2-5,10-13H2,1H3. The van der Waals surface area contributed by atoms with Crippen molar-refractivity contribution < 1.29 is 13.2 Å². The zero-order chi connectivity index (χ0) is 15.1. The van der Waals surface area contributed by atoms with Gasteiger partial charge in [-0.15, -0.1) is 0 Å². The molecule has 21 heavy (non-hydrogen) atoms. The van der Waals surface area contributed by atoms with Gasteiger partial charge in [0.15, 0.2) is 0 Å². The average molecular weight is 312 g/mol. The predicted octanol–water partition coefficient (Wildman–Crippen LogP) is 1.85. The molecule has 0 atom stereocenters. The van der Waals surface area contributed by atoms with E-state index in [1.807, 2.05) is 6.92 Å². The second-order valence-corrected chi connectivity index (χ2v) is 7.08. The van der Waals surface area contributed by atoms with E-state index in [-0.39, 0.29) is 0 Å². The molecule has 1 aromatic rings. The number of piperidine rings is 1. The third-order valence-corrected chi connectivity index (χ3v) is 5.49. The fourth-order valence-electron chi connectivity index (χ4n) is 2.38. The number of benzene rings is 1. The molecule has 0 aromatic heterocycles. The number of ether oxygens (including phenoxy) is 1. The summed E-state index contributed by atoms with van der Waals surface area (Å²) in [5.74, 6) is 0.700. The minimum absolute atomic E-state index is 0.350. The molecule has 2 rings (SSSR count). The highest BCUT2D eigenvalue weighted by atomic mass is 32.2. The Morgan fingerprint density at radius 2 is 1.81 bits per heavy atom. The molecule has 0 amide bonds. The first-order chi connectivity index (χ1) is 10.1. The average Bonchev–Trinajstić information content (AvgIpc) is 2.53. The fourth-order valence-corrected chi connectivity index (χ4v) is 3.90. The Labute approximate surface area is 127 Å². The third-order valence-electron chi connectivity index (χ3n) is 3.57. The van der Waals surface area contributed by atoms with Crippen molar-refractivity contribution in [3.63, 3.8) is 0 Å². The molecule has 0 unspecified atom stereocenters. The van der Waals surface area contributed by atoms with Gasteiger partial charge in [0.25, 0.3) is 0 Å². The van der Waals surface area contributed by atoms with E-state index >= 15 is 0 Å². The second-order valence-electron chi connectivity index (χ2n) is 5.14. The number of hydrogen-bond acceptors (Lipinski definition) is 4. The number of nitrogens with one attached hydrogen (secondary N) is 1. The molecule has 0 radical (unpaired) electrons. The Morgan fingerprint density at radius 3 is 2.43 bits per heavy atom. The number of rotatable bonds is 7. The van der Waals surface area contributed by atoms with E-state index in [0.29, 0.717) is 30.3 Å². The normalized spacial score (nSPS) is 16.8. The molecule has 5 nitrogen and oxygen atoms in total. The number of likely N-dealkylation sites (N-methyl/N-ethyl adjacent to an activating group) is 1. The van der Waals surface area contributed by atoms with Crippen LogP contribution in [0.1, 0.15) is 26.2 Å². The molecular weight excluding hydrogens is 288 g/mol. The van der Waals surface area contributed by atoms with Crippen LogP contribution in [0.2, 0.25) is 0 Å². The van der Waals surface area contributed by atoms with Crippen LogP contribution in [0, 0.1) is 0 Å². The van der Waals surface area contributed by atoms with Gasteiger partial charge in [-0.3, -0.25) is 0 Å². The highest BCUT2D eigenvalue weighted by Crippen LogP contribution is 2.22. The van der Waals surface area contributed by atoms with Gasteiger partial charge in [-0.1, -0.05) is 13.3 Å². The Bertz CT molecular complexity index is 522. The molecule has 1 fully saturated rings. The lowest BCUT2D eigenvalue weighted by Gasteiger charge is -2.25. The maximum absolute atomic E-state index is 12.5. The summed E-state index contributed by atoms with van der Waals surface area (Å²) < 4.78 is 32.1. The van der Waals surface area contributed by atoms with Crippen LogP contribution in [0.5, 0.6) is 5.75 Å². The molecule has 118 valence electrons. The molecule has 1 aliphatic heterocycles. The summed E-state index contributed by atoms with van der Waals surface area (Å²) in [6.07, 6.45) is 3.01. The molecule has 0 saturated carbocycles. The van der Waals surface area contributed by atoms with Crippen molar-refractivity contribution in [1.82, 2.24) is 9.62 Å². The van der Waals surface area contributed by atoms with Gasteiger partial charge in [0.1, 0.15) is 12.4 Å². The van der Waals surface area contributed by atoms with Gasteiger partial charge in [-0.05, 0) is 43.7 Å². The van der Waals surface area contributed by atoms with Crippen molar-refractivity contribution in [1.29, 1.82) is 0 Å². The minimum atomic E-state index is -3.34. The molecule has 0 spiro atoms. The van der Waals surface area contributed by atoms with Gasteiger partial charge in [-0.25, -0.2) is 8.42 Å². The van der Waals surface area contributed by atoms with Crippen molar-refractivity contribution in [2.75, 3.05) is 32.8 Å². The van der Waals surface area contributed by atoms with Crippen molar-refractivity contribution in [2.45, 2.75) is 31.1 Å². The zero-order valence-electron chi connectivity index (χ0n) is 12.5. The maximum atomic E-state index is 12.5. The molecule has 0 aliphatic carbocycles. The Balaban J connectivity index is 1.97. The van der Waals surface area contributed by atoms with E-state index in [1.165, 1.54) is 0 Å². The first kappa shape index (κ1) is 16.3. The molecular formula is C15H24N2O3S. The molecule has 1 saturated heterocycles. The van der Waals surface area contributed by atoms with Gasteiger partial charge in [0.2, 0.25) is 10.0 Å². The van der Waals surface area contributed by atoms with E-state index in [4.69, 9.17) is 4.74 Å². The first-order valence-electron chi connectivity index (χ1n) is 7.58. The molecule has 1 N–H and O–H groups in total. The van der Waals surface area contributed by atoms with E-state index in [9.17, 15) is 8.42 Å². The van der Waals surface area contributed by atoms with Gasteiger partial charge >= 0.3 is 0 Å². The van der Waals surface area contributed by atoms with Crippen LogP contribution in [0.4, 0.5) is 0 Å². The van der Waals surface area contributed by atoms with Crippen molar-refractivity contribution >= 4 is 10.0 Å². The van der Waals surface area contributed by atoms with Crippen LogP contribution in [0.15, 0.2) is 29.2 Å². The summed E-state index contributed by atoms with van der Waals surface area (Å²) in [6, 6.07) is 6.71. The van der Waals surface area contributed by atoms with Crippen LogP contribution in [-0.2, 0) is 10.0 Å². The van der Waals surface area contributed by atoms with E-state index in [1.54, 1.807) is 28.6 Å². The fraction of sp³-hybridized carbons (Fsp3) is 0.600. The minimum Gasteiger partial charge on any atom is -0.492 e. The number of hydrogen-bond donors (Lipinski definition) is 1. The summed E-state index contributed by atoms with van der Waals surface area (Å²) in [5.41, 5.74) is 0. The maximum Gasteiger partial charge on any atom is 0.243 e. The van der Waals surface area contributed by atoms with Crippen molar-refractivity contribution in [2.24, 2.45) is 0 Å². The molecule has 1 aromatic carbocycles. The van der Waals surface area contributed by atoms with Gasteiger partial charge in [-0.2, -0.15) is 4.31 Å². The van der Waals surface area contributed by atoms with Crippen molar-refractivity contribution in [3.05, 3.63) is 24.3 Å². The number of nitrogens with zero attached hydrogens (tertiary/aromatic N) is 1. The summed E-state index contributed by atoms with van der Waals surface area (Å²) in [7, 11) is -3.34. The molecule has 0 bridgehead atoms. The first-order valence-corrected chi connectivity index (χ1v) is 9.02. The van der Waals surface area contributed by atoms with E-state index in [2.05, 4.69) is 5.32 Å². The predicted molar refractivity (Wildman–Crippen MR) is 83.1 cm³/mol. The number of sulfonamides is 1. The Hall–Kier alpha value is -1.11. The smallest absolute Gasteiger partial charge is 0.243 e. The Morgan fingerprint density at radius 1 is 1.14 bits per heavy atom. The highest BCUT2D eigenvalue weighted by Gasteiger charge is 2.25. The van der Waals surface area contributed by atoms with Crippen LogP contribution < -0.4 is 10.1 Å². The summed E-state index contributed by atoms with van der Waals surface area (Å²) in [6.45, 7) is 5.57. The van der Waals surface area contributed by atoms with Crippen LogP contribution in [0.3, 0.4) is 0 Å². The zero-order valence-corrected chi connectivity index (χ0v) is 13.4. The quantitative estimate of drug-likeness (QED) is 0.781. The van der Waals surface area contributed by atoms with Gasteiger partial charge in [0, 0.05) is 19.6 Å². The van der Waals surface area contributed by atoms with Crippen LogP contribution in [-0.4, -0.2) is 45.5 Å². The van der Waals surface area contributed by atoms with Crippen LogP contribution in [0.25, 0.3) is 0 Å². The van der Waals surface area contributed by atoms with Crippen LogP contribution >= 0.6 is 0 Å². The lowest BCUT2D eigenvalue weighted by Crippen LogP contribution is -2.35. The third kappa shape index (κ3) is 4.43. The van der Waals surface area contributed by atoms with Gasteiger partial charge < -0.3 is 10.1 Å². The molecule has 1 aliphatic rings. The Kier molecular flexibility index (Phi) is 6.02. The van der Waals surface area contributed by atoms with Crippen molar-refractivity contribution in [3.8, 4) is 5.75 Å². The lowest BCUT2D eigenvalue weighted by atomic mass is 10.2.